The number of carbonyl (C=O) groups excluding carboxylic acids is 1. The van der Waals surface area contributed by atoms with E-state index in [2.05, 4.69) is 10.0 Å². The van der Waals surface area contributed by atoms with Crippen molar-refractivity contribution in [3.63, 3.8) is 0 Å². The number of anilines is 1. The SMILES string of the molecule is CCS(=O)(=O)CCNC(=O)c1ccc(S(=O)(=O)Nc2cccc(C)c2C)cc1. The summed E-state index contributed by atoms with van der Waals surface area (Å²) in [6.07, 6.45) is 0. The van der Waals surface area contributed by atoms with Crippen LogP contribution >= 0.6 is 0 Å². The summed E-state index contributed by atoms with van der Waals surface area (Å²) in [6.45, 7) is 5.28. The summed E-state index contributed by atoms with van der Waals surface area (Å²) in [5.41, 5.74) is 2.56. The van der Waals surface area contributed by atoms with E-state index in [1.54, 1.807) is 19.1 Å². The molecular weight excluding hydrogens is 400 g/mol. The van der Waals surface area contributed by atoms with Gasteiger partial charge in [-0.2, -0.15) is 0 Å². The van der Waals surface area contributed by atoms with Crippen LogP contribution in [0, 0.1) is 13.8 Å². The van der Waals surface area contributed by atoms with Gasteiger partial charge in [-0.25, -0.2) is 16.8 Å². The second-order valence-electron chi connectivity index (χ2n) is 6.37. The first-order chi connectivity index (χ1) is 13.1. The summed E-state index contributed by atoms with van der Waals surface area (Å²) >= 11 is 0. The van der Waals surface area contributed by atoms with Gasteiger partial charge >= 0.3 is 0 Å². The first kappa shape index (κ1) is 21.9. The molecule has 0 fully saturated rings. The molecule has 0 atom stereocenters. The van der Waals surface area contributed by atoms with E-state index < -0.39 is 25.8 Å². The molecule has 9 heteroatoms. The highest BCUT2D eigenvalue weighted by Crippen LogP contribution is 2.22. The summed E-state index contributed by atoms with van der Waals surface area (Å²) in [5, 5.41) is 2.52. The van der Waals surface area contributed by atoms with Crippen molar-refractivity contribution in [1.29, 1.82) is 0 Å². The standard InChI is InChI=1S/C19H24N2O5S2/c1-4-27(23,24)13-12-20-19(22)16-8-10-17(11-9-16)28(25,26)21-18-7-5-6-14(2)15(18)3/h5-11,21H,4,12-13H2,1-3H3,(H,20,22). The molecule has 0 unspecified atom stereocenters. The van der Waals surface area contributed by atoms with Crippen LogP contribution in [0.1, 0.15) is 28.4 Å². The summed E-state index contributed by atoms with van der Waals surface area (Å²) in [6, 6.07) is 10.8. The van der Waals surface area contributed by atoms with Gasteiger partial charge in [-0.15, -0.1) is 0 Å². The van der Waals surface area contributed by atoms with Crippen molar-refractivity contribution in [2.24, 2.45) is 0 Å². The van der Waals surface area contributed by atoms with Crippen molar-refractivity contribution in [1.82, 2.24) is 5.32 Å². The number of benzene rings is 2. The second-order valence-corrected chi connectivity index (χ2v) is 10.5. The molecule has 0 heterocycles. The second kappa shape index (κ2) is 8.74. The average molecular weight is 425 g/mol. The fourth-order valence-electron chi connectivity index (χ4n) is 2.42. The molecule has 7 nitrogen and oxygen atoms in total. The molecule has 0 spiro atoms. The molecule has 0 aliphatic carbocycles. The first-order valence-electron chi connectivity index (χ1n) is 8.73. The van der Waals surface area contributed by atoms with Gasteiger partial charge in [0.25, 0.3) is 15.9 Å². The molecule has 28 heavy (non-hydrogen) atoms. The van der Waals surface area contributed by atoms with Gasteiger partial charge in [-0.3, -0.25) is 9.52 Å². The van der Waals surface area contributed by atoms with Crippen LogP contribution in [0.2, 0.25) is 0 Å². The van der Waals surface area contributed by atoms with Crippen molar-refractivity contribution >= 4 is 31.5 Å². The van der Waals surface area contributed by atoms with Crippen LogP contribution in [0.25, 0.3) is 0 Å². The monoisotopic (exact) mass is 424 g/mol. The highest BCUT2D eigenvalue weighted by Gasteiger charge is 2.17. The van der Waals surface area contributed by atoms with Gasteiger partial charge in [-0.05, 0) is 55.3 Å². The van der Waals surface area contributed by atoms with Crippen molar-refractivity contribution in [3.8, 4) is 0 Å². The molecule has 1 amide bonds. The summed E-state index contributed by atoms with van der Waals surface area (Å²) in [7, 11) is -6.96. The van der Waals surface area contributed by atoms with Crippen molar-refractivity contribution < 1.29 is 21.6 Å². The zero-order chi connectivity index (χ0) is 20.9. The summed E-state index contributed by atoms with van der Waals surface area (Å²) < 4.78 is 50.6. The fourth-order valence-corrected chi connectivity index (χ4v) is 4.24. The number of sulfonamides is 1. The number of amides is 1. The molecule has 0 aromatic heterocycles. The molecule has 0 saturated heterocycles. The maximum atomic E-state index is 12.6. The Kier molecular flexibility index (Phi) is 6.84. The zero-order valence-electron chi connectivity index (χ0n) is 16.0. The van der Waals surface area contributed by atoms with Crippen molar-refractivity contribution in [2.75, 3.05) is 22.8 Å². The Hall–Kier alpha value is -2.39. The van der Waals surface area contributed by atoms with E-state index in [4.69, 9.17) is 0 Å². The number of aryl methyl sites for hydroxylation is 1. The lowest BCUT2D eigenvalue weighted by Gasteiger charge is -2.12. The fraction of sp³-hybridized carbons (Fsp3) is 0.316. The van der Waals surface area contributed by atoms with E-state index in [1.165, 1.54) is 24.3 Å². The smallest absolute Gasteiger partial charge is 0.261 e. The first-order valence-corrected chi connectivity index (χ1v) is 12.0. The number of carbonyl (C=O) groups is 1. The summed E-state index contributed by atoms with van der Waals surface area (Å²) in [4.78, 5) is 12.1. The topological polar surface area (TPSA) is 109 Å². The molecular formula is C19H24N2O5S2. The lowest BCUT2D eigenvalue weighted by molar-refractivity contribution is 0.0956. The molecule has 0 saturated carbocycles. The maximum absolute atomic E-state index is 12.6. The minimum Gasteiger partial charge on any atom is -0.351 e. The van der Waals surface area contributed by atoms with Crippen LogP contribution in [-0.2, 0) is 19.9 Å². The Labute approximate surface area is 166 Å². The molecule has 0 radical (unpaired) electrons. The minimum atomic E-state index is -3.80. The zero-order valence-corrected chi connectivity index (χ0v) is 17.7. The molecule has 0 aliphatic rings. The highest BCUT2D eigenvalue weighted by molar-refractivity contribution is 7.92. The number of hydrogen-bond acceptors (Lipinski definition) is 5. The normalized spacial score (nSPS) is 11.8. The van der Waals surface area contributed by atoms with E-state index in [0.717, 1.165) is 11.1 Å². The van der Waals surface area contributed by atoms with E-state index in [9.17, 15) is 21.6 Å². The number of rotatable bonds is 8. The van der Waals surface area contributed by atoms with E-state index >= 15 is 0 Å². The molecule has 0 aliphatic heterocycles. The molecule has 2 N–H and O–H groups in total. The highest BCUT2D eigenvalue weighted by atomic mass is 32.2. The summed E-state index contributed by atoms with van der Waals surface area (Å²) in [5.74, 6) is -0.581. The molecule has 2 rings (SSSR count). The Bertz CT molecular complexity index is 1060. The Morgan fingerprint density at radius 3 is 2.21 bits per heavy atom. The van der Waals surface area contributed by atoms with Crippen molar-refractivity contribution in [3.05, 3.63) is 59.2 Å². The number of hydrogen-bond donors (Lipinski definition) is 2. The number of sulfone groups is 1. The largest absolute Gasteiger partial charge is 0.351 e. The van der Waals surface area contributed by atoms with Crippen molar-refractivity contribution in [2.45, 2.75) is 25.7 Å². The molecule has 0 bridgehead atoms. The van der Waals surface area contributed by atoms with E-state index in [-0.39, 0.29) is 28.5 Å². The molecule has 2 aromatic rings. The third-order valence-electron chi connectivity index (χ3n) is 4.41. The van der Waals surface area contributed by atoms with Gasteiger partial charge in [-0.1, -0.05) is 19.1 Å². The third-order valence-corrected chi connectivity index (χ3v) is 7.50. The van der Waals surface area contributed by atoms with Gasteiger partial charge in [0.15, 0.2) is 9.84 Å². The predicted molar refractivity (Wildman–Crippen MR) is 110 cm³/mol. The Morgan fingerprint density at radius 2 is 1.61 bits per heavy atom. The van der Waals surface area contributed by atoms with Crippen LogP contribution in [-0.4, -0.2) is 40.8 Å². The quantitative estimate of drug-likeness (QED) is 0.676. The van der Waals surface area contributed by atoms with Gasteiger partial charge in [0.1, 0.15) is 0 Å². The lowest BCUT2D eigenvalue weighted by Crippen LogP contribution is -2.29. The van der Waals surface area contributed by atoms with Crippen LogP contribution < -0.4 is 10.0 Å². The lowest BCUT2D eigenvalue weighted by atomic mass is 10.1. The minimum absolute atomic E-state index is 0.00322. The number of nitrogens with one attached hydrogen (secondary N) is 2. The van der Waals surface area contributed by atoms with Gasteiger partial charge in [0.2, 0.25) is 0 Å². The van der Waals surface area contributed by atoms with Crippen LogP contribution in [0.3, 0.4) is 0 Å². The Balaban J connectivity index is 2.08. The van der Waals surface area contributed by atoms with Gasteiger partial charge in [0.05, 0.1) is 16.3 Å². The average Bonchev–Trinajstić information content (AvgIpc) is 2.65. The Morgan fingerprint density at radius 1 is 0.964 bits per heavy atom. The van der Waals surface area contributed by atoms with Crippen LogP contribution in [0.5, 0.6) is 0 Å². The van der Waals surface area contributed by atoms with Gasteiger partial charge in [0, 0.05) is 17.9 Å². The predicted octanol–water partition coefficient (Wildman–Crippen LogP) is 2.27. The van der Waals surface area contributed by atoms with E-state index in [0.29, 0.717) is 5.69 Å². The maximum Gasteiger partial charge on any atom is 0.261 e. The van der Waals surface area contributed by atoms with E-state index in [1.807, 2.05) is 19.9 Å². The van der Waals surface area contributed by atoms with Crippen LogP contribution in [0.15, 0.2) is 47.4 Å². The molecule has 2 aromatic carbocycles. The van der Waals surface area contributed by atoms with Gasteiger partial charge < -0.3 is 5.32 Å². The van der Waals surface area contributed by atoms with Crippen LogP contribution in [0.4, 0.5) is 5.69 Å². The third kappa shape index (κ3) is 5.56. The molecule has 152 valence electrons.